The third kappa shape index (κ3) is 3.89. The number of pyridine rings is 1. The predicted octanol–water partition coefficient (Wildman–Crippen LogP) is 5.89. The van der Waals surface area contributed by atoms with Crippen molar-refractivity contribution in [3.8, 4) is 16.9 Å². The van der Waals surface area contributed by atoms with Gasteiger partial charge in [-0.3, -0.25) is 9.78 Å². The normalized spacial score (nSPS) is 16.6. The Bertz CT molecular complexity index is 1380. The topological polar surface area (TPSA) is 55.6 Å². The first-order valence-corrected chi connectivity index (χ1v) is 10.8. The van der Waals surface area contributed by atoms with Crippen LogP contribution in [0.15, 0.2) is 91.1 Å². The predicted molar refractivity (Wildman–Crippen MR) is 127 cm³/mol. The highest BCUT2D eigenvalue weighted by Crippen LogP contribution is 2.41. The summed E-state index contributed by atoms with van der Waals surface area (Å²) in [6.45, 7) is 7.53. The molecule has 3 aromatic carbocycles. The van der Waals surface area contributed by atoms with Gasteiger partial charge in [0.15, 0.2) is 5.69 Å². The van der Waals surface area contributed by atoms with Crippen LogP contribution < -0.4 is 10.1 Å². The summed E-state index contributed by atoms with van der Waals surface area (Å²) in [6, 6.07) is 24.5. The van der Waals surface area contributed by atoms with Gasteiger partial charge in [-0.25, -0.2) is 9.24 Å². The van der Waals surface area contributed by atoms with Crippen LogP contribution in [-0.2, 0) is 5.54 Å². The molecule has 1 atom stereocenters. The van der Waals surface area contributed by atoms with Crippen molar-refractivity contribution in [3.63, 3.8) is 0 Å². The average Bonchev–Trinajstić information content (AvgIpc) is 2.89. The van der Waals surface area contributed by atoms with Crippen molar-refractivity contribution in [1.29, 1.82) is 0 Å². The zero-order valence-corrected chi connectivity index (χ0v) is 18.2. The van der Waals surface area contributed by atoms with Gasteiger partial charge in [0.25, 0.3) is 5.91 Å². The molecule has 0 saturated carbocycles. The monoisotopic (exact) mass is 449 g/mol. The minimum absolute atomic E-state index is 0.322. The number of nitrogens with zero attached hydrogens (tertiary/aromatic N) is 2. The van der Waals surface area contributed by atoms with Crippen molar-refractivity contribution in [2.24, 2.45) is 0 Å². The molecule has 34 heavy (non-hydrogen) atoms. The molecule has 1 amide bonds. The number of amides is 1. The Hall–Kier alpha value is -4.50. The van der Waals surface area contributed by atoms with Crippen molar-refractivity contribution in [1.82, 2.24) is 10.3 Å². The van der Waals surface area contributed by atoms with Gasteiger partial charge in [-0.2, -0.15) is 0 Å². The van der Waals surface area contributed by atoms with Gasteiger partial charge in [-0.1, -0.05) is 48.5 Å². The first-order valence-electron chi connectivity index (χ1n) is 10.8. The van der Waals surface area contributed by atoms with Crippen molar-refractivity contribution < 1.29 is 13.9 Å². The standard InChI is InChI=1S/C28H20FN3O2/c1-30-24-14-8-20(9-15-24)19-4-10-22(11-5-19)28(16-18-34-25-3-2-17-31-26(25)28)32-27(33)21-6-12-23(29)13-7-21/h2-15,17H,16,18H2,(H,32,33)/t28-/m0/s1. The summed E-state index contributed by atoms with van der Waals surface area (Å²) in [6.07, 6.45) is 2.17. The van der Waals surface area contributed by atoms with Crippen LogP contribution in [0.2, 0.25) is 0 Å². The van der Waals surface area contributed by atoms with E-state index in [2.05, 4.69) is 15.1 Å². The quantitative estimate of drug-likeness (QED) is 0.395. The molecule has 4 aromatic rings. The number of fused-ring (bicyclic) bond motifs is 1. The summed E-state index contributed by atoms with van der Waals surface area (Å²) >= 11 is 0. The van der Waals surface area contributed by atoms with Crippen LogP contribution in [0.1, 0.15) is 28.0 Å². The van der Waals surface area contributed by atoms with Gasteiger partial charge in [-0.15, -0.1) is 0 Å². The van der Waals surface area contributed by atoms with E-state index in [1.807, 2.05) is 42.5 Å². The Kier molecular flexibility index (Phi) is 5.52. The lowest BCUT2D eigenvalue weighted by Gasteiger charge is -2.39. The Labute approximate surface area is 196 Å². The number of ether oxygens (including phenoxy) is 1. The molecule has 1 N–H and O–H groups in total. The fraction of sp³-hybridized carbons (Fsp3) is 0.107. The van der Waals surface area contributed by atoms with E-state index in [4.69, 9.17) is 11.3 Å². The first kappa shape index (κ1) is 21.4. The summed E-state index contributed by atoms with van der Waals surface area (Å²) in [7, 11) is 0. The second-order valence-corrected chi connectivity index (χ2v) is 8.05. The molecule has 0 spiro atoms. The molecule has 0 radical (unpaired) electrons. The number of nitrogens with one attached hydrogen (secondary N) is 1. The van der Waals surface area contributed by atoms with E-state index in [9.17, 15) is 9.18 Å². The van der Waals surface area contributed by atoms with Gasteiger partial charge in [0.05, 0.1) is 13.2 Å². The van der Waals surface area contributed by atoms with Gasteiger partial charge < -0.3 is 10.1 Å². The summed E-state index contributed by atoms with van der Waals surface area (Å²) in [4.78, 5) is 21.3. The van der Waals surface area contributed by atoms with Gasteiger partial charge in [0, 0.05) is 18.2 Å². The summed E-state index contributed by atoms with van der Waals surface area (Å²) in [5, 5.41) is 3.18. The zero-order chi connectivity index (χ0) is 23.5. The molecule has 0 fully saturated rings. The van der Waals surface area contributed by atoms with Crippen LogP contribution in [0.4, 0.5) is 10.1 Å². The van der Waals surface area contributed by atoms with E-state index in [1.165, 1.54) is 24.3 Å². The van der Waals surface area contributed by atoms with Crippen LogP contribution >= 0.6 is 0 Å². The zero-order valence-electron chi connectivity index (χ0n) is 18.2. The van der Waals surface area contributed by atoms with Crippen molar-refractivity contribution in [2.45, 2.75) is 12.0 Å². The molecular weight excluding hydrogens is 429 g/mol. The molecule has 5 nitrogen and oxygen atoms in total. The number of benzene rings is 3. The number of carbonyl (C=O) groups excluding carboxylic acids is 1. The molecule has 0 bridgehead atoms. The molecule has 0 unspecified atom stereocenters. The molecule has 0 saturated heterocycles. The van der Waals surface area contributed by atoms with Crippen LogP contribution in [0.3, 0.4) is 0 Å². The van der Waals surface area contributed by atoms with E-state index in [-0.39, 0.29) is 5.91 Å². The molecule has 0 aliphatic carbocycles. The number of rotatable bonds is 4. The second kappa shape index (κ2) is 8.80. The summed E-state index contributed by atoms with van der Waals surface area (Å²) < 4.78 is 19.2. The van der Waals surface area contributed by atoms with E-state index in [1.54, 1.807) is 24.4 Å². The number of aromatic nitrogens is 1. The first-order chi connectivity index (χ1) is 16.6. The van der Waals surface area contributed by atoms with E-state index >= 15 is 0 Å². The third-order valence-corrected chi connectivity index (χ3v) is 6.05. The Morgan fingerprint density at radius 2 is 1.65 bits per heavy atom. The average molecular weight is 449 g/mol. The lowest BCUT2D eigenvalue weighted by molar-refractivity contribution is 0.0883. The molecule has 166 valence electrons. The van der Waals surface area contributed by atoms with Crippen LogP contribution in [-0.4, -0.2) is 17.5 Å². The number of carbonyl (C=O) groups is 1. The largest absolute Gasteiger partial charge is 0.491 e. The maximum atomic E-state index is 13.4. The van der Waals surface area contributed by atoms with Crippen molar-refractivity contribution in [3.05, 3.63) is 125 Å². The van der Waals surface area contributed by atoms with Crippen molar-refractivity contribution in [2.75, 3.05) is 6.61 Å². The molecular formula is C28H20FN3O2. The van der Waals surface area contributed by atoms with E-state index in [0.29, 0.717) is 35.7 Å². The maximum absolute atomic E-state index is 13.4. The maximum Gasteiger partial charge on any atom is 0.252 e. The highest BCUT2D eigenvalue weighted by atomic mass is 19.1. The Morgan fingerprint density at radius 1 is 0.971 bits per heavy atom. The number of halogens is 1. The molecule has 1 aliphatic rings. The molecule has 6 heteroatoms. The smallest absolute Gasteiger partial charge is 0.252 e. The van der Waals surface area contributed by atoms with Crippen LogP contribution in [0.5, 0.6) is 5.75 Å². The Morgan fingerprint density at radius 3 is 2.32 bits per heavy atom. The van der Waals surface area contributed by atoms with Gasteiger partial charge in [0.1, 0.15) is 22.8 Å². The van der Waals surface area contributed by atoms with E-state index < -0.39 is 11.4 Å². The van der Waals surface area contributed by atoms with Gasteiger partial charge in [-0.05, 0) is 53.1 Å². The number of hydrogen-bond acceptors (Lipinski definition) is 3. The lowest BCUT2D eigenvalue weighted by atomic mass is 9.80. The van der Waals surface area contributed by atoms with Gasteiger partial charge in [0.2, 0.25) is 0 Å². The summed E-state index contributed by atoms with van der Waals surface area (Å²) in [5.74, 6) is -0.103. The SMILES string of the molecule is [C-]#[N+]c1ccc(-c2ccc([C@@]3(NC(=O)c4ccc(F)cc4)CCOc4cccnc43)cc2)cc1. The van der Waals surface area contributed by atoms with E-state index in [0.717, 1.165) is 16.7 Å². The second-order valence-electron chi connectivity index (χ2n) is 8.05. The highest BCUT2D eigenvalue weighted by molar-refractivity contribution is 5.95. The van der Waals surface area contributed by atoms with Crippen LogP contribution in [0, 0.1) is 12.4 Å². The third-order valence-electron chi connectivity index (χ3n) is 6.05. The minimum Gasteiger partial charge on any atom is -0.491 e. The number of hydrogen-bond donors (Lipinski definition) is 1. The fourth-order valence-corrected chi connectivity index (χ4v) is 4.28. The molecule has 5 rings (SSSR count). The summed E-state index contributed by atoms with van der Waals surface area (Å²) in [5.41, 5.74) is 3.53. The lowest BCUT2D eigenvalue weighted by Crippen LogP contribution is -2.50. The minimum atomic E-state index is -0.910. The molecule has 1 aliphatic heterocycles. The molecule has 2 heterocycles. The Balaban J connectivity index is 1.56. The highest BCUT2D eigenvalue weighted by Gasteiger charge is 2.42. The fourth-order valence-electron chi connectivity index (χ4n) is 4.28. The van der Waals surface area contributed by atoms with Gasteiger partial charge >= 0.3 is 0 Å². The van der Waals surface area contributed by atoms with Crippen LogP contribution in [0.25, 0.3) is 16.0 Å². The molecule has 1 aromatic heterocycles. The van der Waals surface area contributed by atoms with Crippen molar-refractivity contribution >= 4 is 11.6 Å².